The summed E-state index contributed by atoms with van der Waals surface area (Å²) in [7, 11) is 0. The molecular formula is C11H15. The minimum atomic E-state index is 0.742. The fourth-order valence-corrected chi connectivity index (χ4v) is 1.13. The second kappa shape index (κ2) is 3.56. The lowest BCUT2D eigenvalue weighted by Gasteiger charge is -2.03. The molecule has 1 aromatic rings. The van der Waals surface area contributed by atoms with E-state index in [1.165, 1.54) is 11.1 Å². The van der Waals surface area contributed by atoms with Gasteiger partial charge in [-0.25, -0.2) is 0 Å². The van der Waals surface area contributed by atoms with Crippen LogP contribution in [0.25, 0.3) is 0 Å². The second-order valence-corrected chi connectivity index (χ2v) is 3.48. The average molecular weight is 147 g/mol. The first-order valence-corrected chi connectivity index (χ1v) is 4.15. The summed E-state index contributed by atoms with van der Waals surface area (Å²) in [4.78, 5) is 0. The van der Waals surface area contributed by atoms with Gasteiger partial charge in [0.1, 0.15) is 0 Å². The standard InChI is InChI=1S/C11H15/c1-9(2)8-11-6-4-10(3)5-7-11/h4,6-7,9H,8H2,1-3H3. The van der Waals surface area contributed by atoms with Crippen molar-refractivity contribution in [1.82, 2.24) is 0 Å². The molecule has 0 aromatic heterocycles. The lowest BCUT2D eigenvalue weighted by Crippen LogP contribution is -1.93. The Hall–Kier alpha value is -0.780. The molecule has 0 saturated carbocycles. The maximum absolute atomic E-state index is 3.21. The highest BCUT2D eigenvalue weighted by Crippen LogP contribution is 2.08. The predicted molar refractivity (Wildman–Crippen MR) is 48.6 cm³/mol. The second-order valence-electron chi connectivity index (χ2n) is 3.48. The molecule has 0 heterocycles. The molecule has 0 aliphatic rings. The number of aryl methyl sites for hydroxylation is 1. The van der Waals surface area contributed by atoms with Crippen LogP contribution in [-0.2, 0) is 6.42 Å². The summed E-state index contributed by atoms with van der Waals surface area (Å²) in [5, 5.41) is 0. The summed E-state index contributed by atoms with van der Waals surface area (Å²) >= 11 is 0. The van der Waals surface area contributed by atoms with Gasteiger partial charge in [-0.2, -0.15) is 0 Å². The summed E-state index contributed by atoms with van der Waals surface area (Å²) in [6.45, 7) is 6.54. The van der Waals surface area contributed by atoms with E-state index in [-0.39, 0.29) is 0 Å². The van der Waals surface area contributed by atoms with Gasteiger partial charge in [-0.3, -0.25) is 0 Å². The first kappa shape index (κ1) is 8.32. The molecular weight excluding hydrogens is 132 g/mol. The molecule has 59 valence electrons. The van der Waals surface area contributed by atoms with Gasteiger partial charge in [0.15, 0.2) is 0 Å². The molecule has 0 nitrogen and oxygen atoms in total. The van der Waals surface area contributed by atoms with Crippen LogP contribution in [0.1, 0.15) is 25.0 Å². The van der Waals surface area contributed by atoms with Gasteiger partial charge in [0.2, 0.25) is 0 Å². The van der Waals surface area contributed by atoms with Gasteiger partial charge in [0.25, 0.3) is 0 Å². The van der Waals surface area contributed by atoms with Crippen molar-refractivity contribution in [2.45, 2.75) is 27.2 Å². The average Bonchev–Trinajstić information content (AvgIpc) is 1.93. The minimum Gasteiger partial charge on any atom is -0.0625 e. The van der Waals surface area contributed by atoms with Gasteiger partial charge in [-0.05, 0) is 36.5 Å². The van der Waals surface area contributed by atoms with Crippen LogP contribution in [0.15, 0.2) is 18.2 Å². The van der Waals surface area contributed by atoms with E-state index in [1.807, 2.05) is 0 Å². The van der Waals surface area contributed by atoms with Crippen molar-refractivity contribution in [2.75, 3.05) is 0 Å². The molecule has 0 saturated heterocycles. The van der Waals surface area contributed by atoms with E-state index in [9.17, 15) is 0 Å². The summed E-state index contributed by atoms with van der Waals surface area (Å²) in [5.74, 6) is 0.742. The molecule has 0 atom stereocenters. The van der Waals surface area contributed by atoms with Crippen molar-refractivity contribution < 1.29 is 0 Å². The Morgan fingerprint density at radius 2 is 2.09 bits per heavy atom. The molecule has 1 aromatic carbocycles. The fourth-order valence-electron chi connectivity index (χ4n) is 1.13. The van der Waals surface area contributed by atoms with Crippen molar-refractivity contribution in [2.24, 2.45) is 5.92 Å². The highest BCUT2D eigenvalue weighted by atomic mass is 14.0. The maximum atomic E-state index is 3.21. The minimum absolute atomic E-state index is 0.742. The van der Waals surface area contributed by atoms with Crippen molar-refractivity contribution in [3.63, 3.8) is 0 Å². The van der Waals surface area contributed by atoms with E-state index in [0.717, 1.165) is 12.3 Å². The first-order chi connectivity index (χ1) is 5.18. The Kier molecular flexibility index (Phi) is 2.70. The maximum Gasteiger partial charge on any atom is -0.0149 e. The first-order valence-electron chi connectivity index (χ1n) is 4.15. The quantitative estimate of drug-likeness (QED) is 0.603. The zero-order chi connectivity index (χ0) is 8.27. The van der Waals surface area contributed by atoms with Gasteiger partial charge in [-0.15, -0.1) is 0 Å². The van der Waals surface area contributed by atoms with Gasteiger partial charge < -0.3 is 0 Å². The third-order valence-corrected chi connectivity index (χ3v) is 1.68. The Morgan fingerprint density at radius 3 is 2.55 bits per heavy atom. The zero-order valence-electron chi connectivity index (χ0n) is 7.52. The predicted octanol–water partition coefficient (Wildman–Crippen LogP) is 2.99. The van der Waals surface area contributed by atoms with Crippen molar-refractivity contribution in [1.29, 1.82) is 0 Å². The van der Waals surface area contributed by atoms with Crippen LogP contribution >= 0.6 is 0 Å². The zero-order valence-corrected chi connectivity index (χ0v) is 7.52. The van der Waals surface area contributed by atoms with E-state index in [1.54, 1.807) is 0 Å². The lowest BCUT2D eigenvalue weighted by atomic mass is 10.0. The summed E-state index contributed by atoms with van der Waals surface area (Å²) in [5.41, 5.74) is 2.61. The van der Waals surface area contributed by atoms with Gasteiger partial charge in [0, 0.05) is 0 Å². The highest BCUT2D eigenvalue weighted by molar-refractivity contribution is 5.20. The normalized spacial score (nSPS) is 10.5. The molecule has 0 aliphatic carbocycles. The molecule has 0 amide bonds. The van der Waals surface area contributed by atoms with E-state index >= 15 is 0 Å². The van der Waals surface area contributed by atoms with E-state index in [4.69, 9.17) is 0 Å². The molecule has 0 bridgehead atoms. The summed E-state index contributed by atoms with van der Waals surface area (Å²) in [6.07, 6.45) is 1.16. The largest absolute Gasteiger partial charge is 0.0625 e. The Balaban J connectivity index is 2.66. The smallest absolute Gasteiger partial charge is 0.0149 e. The van der Waals surface area contributed by atoms with Crippen LogP contribution in [-0.4, -0.2) is 0 Å². The monoisotopic (exact) mass is 147 g/mol. The van der Waals surface area contributed by atoms with Crippen molar-refractivity contribution >= 4 is 0 Å². The van der Waals surface area contributed by atoms with Gasteiger partial charge >= 0.3 is 0 Å². The van der Waals surface area contributed by atoms with Crippen LogP contribution in [0.3, 0.4) is 0 Å². The lowest BCUT2D eigenvalue weighted by molar-refractivity contribution is 0.647. The Labute approximate surface area is 69.3 Å². The van der Waals surface area contributed by atoms with E-state index in [2.05, 4.69) is 45.0 Å². The van der Waals surface area contributed by atoms with Crippen LogP contribution in [0.4, 0.5) is 0 Å². The fraction of sp³-hybridized carbons (Fsp3) is 0.455. The molecule has 0 fully saturated rings. The molecule has 1 rings (SSSR count). The molecule has 0 spiro atoms. The van der Waals surface area contributed by atoms with Gasteiger partial charge in [-0.1, -0.05) is 32.0 Å². The molecule has 0 N–H and O–H groups in total. The third kappa shape index (κ3) is 2.75. The molecule has 1 radical (unpaired) electrons. The summed E-state index contributed by atoms with van der Waals surface area (Å²) in [6, 6.07) is 9.61. The van der Waals surface area contributed by atoms with E-state index < -0.39 is 0 Å². The van der Waals surface area contributed by atoms with Crippen LogP contribution in [0, 0.1) is 18.9 Å². The van der Waals surface area contributed by atoms with Crippen LogP contribution < -0.4 is 0 Å². The Bertz CT molecular complexity index is 206. The molecule has 0 unspecified atom stereocenters. The van der Waals surface area contributed by atoms with Gasteiger partial charge in [0.05, 0.1) is 0 Å². The number of hydrogen-bond acceptors (Lipinski definition) is 0. The van der Waals surface area contributed by atoms with Crippen LogP contribution in [0.5, 0.6) is 0 Å². The number of benzene rings is 1. The number of rotatable bonds is 2. The van der Waals surface area contributed by atoms with Crippen molar-refractivity contribution in [3.05, 3.63) is 35.4 Å². The molecule has 0 aliphatic heterocycles. The SMILES string of the molecule is Cc1[c]cc(CC(C)C)cc1. The molecule has 0 heteroatoms. The topological polar surface area (TPSA) is 0 Å². The summed E-state index contributed by atoms with van der Waals surface area (Å²) < 4.78 is 0. The number of hydrogen-bond donors (Lipinski definition) is 0. The van der Waals surface area contributed by atoms with Crippen molar-refractivity contribution in [3.8, 4) is 0 Å². The Morgan fingerprint density at radius 1 is 1.36 bits per heavy atom. The third-order valence-electron chi connectivity index (χ3n) is 1.68. The highest BCUT2D eigenvalue weighted by Gasteiger charge is 1.95. The van der Waals surface area contributed by atoms with Crippen LogP contribution in [0.2, 0.25) is 0 Å². The van der Waals surface area contributed by atoms with E-state index in [0.29, 0.717) is 0 Å². The molecule has 11 heavy (non-hydrogen) atoms.